The highest BCUT2D eigenvalue weighted by molar-refractivity contribution is 7.88. The van der Waals surface area contributed by atoms with Crippen LogP contribution in [-0.4, -0.2) is 37.3 Å². The Balaban J connectivity index is 1.81. The molecule has 2 aromatic rings. The second-order valence-electron chi connectivity index (χ2n) is 6.62. The summed E-state index contributed by atoms with van der Waals surface area (Å²) in [5.74, 6) is 0.658. The average molecular weight is 364 g/mol. The van der Waals surface area contributed by atoms with Crippen molar-refractivity contribution in [3.05, 3.63) is 30.1 Å². The van der Waals surface area contributed by atoms with Crippen molar-refractivity contribution in [2.24, 2.45) is 0 Å². The van der Waals surface area contributed by atoms with E-state index in [1.165, 1.54) is 0 Å². The fraction of sp³-hybridized carbons (Fsp3) is 0.438. The molecule has 1 amide bonds. The first-order chi connectivity index (χ1) is 11.7. The van der Waals surface area contributed by atoms with Gasteiger partial charge < -0.3 is 9.42 Å². The van der Waals surface area contributed by atoms with Crippen LogP contribution in [0, 0.1) is 0 Å². The Bertz CT molecular complexity index is 887. The lowest BCUT2D eigenvalue weighted by atomic mass is 10.1. The zero-order chi connectivity index (χ0) is 18.2. The Morgan fingerprint density at radius 1 is 1.24 bits per heavy atom. The van der Waals surface area contributed by atoms with Crippen molar-refractivity contribution >= 4 is 21.6 Å². The topological polar surface area (TPSA) is 105 Å². The van der Waals surface area contributed by atoms with Crippen molar-refractivity contribution in [3.63, 3.8) is 0 Å². The zero-order valence-corrected chi connectivity index (χ0v) is 15.1. The van der Waals surface area contributed by atoms with Gasteiger partial charge in [-0.25, -0.2) is 13.1 Å². The number of hydrogen-bond donors (Lipinski definition) is 1. The maximum absolute atomic E-state index is 11.8. The summed E-state index contributed by atoms with van der Waals surface area (Å²) in [6, 6.07) is 7.27. The third-order valence-corrected chi connectivity index (χ3v) is 4.81. The predicted molar refractivity (Wildman–Crippen MR) is 92.3 cm³/mol. The maximum Gasteiger partial charge on any atom is 0.257 e. The van der Waals surface area contributed by atoms with E-state index in [-0.39, 0.29) is 17.6 Å². The van der Waals surface area contributed by atoms with E-state index in [1.54, 1.807) is 30.9 Å². The molecule has 1 aliphatic heterocycles. The Morgan fingerprint density at radius 2 is 1.92 bits per heavy atom. The van der Waals surface area contributed by atoms with Crippen LogP contribution >= 0.6 is 0 Å². The second-order valence-corrected chi connectivity index (χ2v) is 8.37. The minimum atomic E-state index is -3.41. The fourth-order valence-electron chi connectivity index (χ4n) is 2.81. The first-order valence-corrected chi connectivity index (χ1v) is 9.79. The number of carbonyl (C=O) groups is 1. The smallest absolute Gasteiger partial charge is 0.257 e. The van der Waals surface area contributed by atoms with Gasteiger partial charge in [-0.1, -0.05) is 5.16 Å². The van der Waals surface area contributed by atoms with Crippen LogP contribution in [0.2, 0.25) is 0 Å². The van der Waals surface area contributed by atoms with Crippen LogP contribution in [0.3, 0.4) is 0 Å². The molecule has 9 heteroatoms. The summed E-state index contributed by atoms with van der Waals surface area (Å²) in [5, 5.41) is 3.88. The van der Waals surface area contributed by atoms with Crippen LogP contribution in [0.4, 0.5) is 5.69 Å². The number of nitrogens with one attached hydrogen (secondary N) is 1. The number of benzene rings is 1. The molecule has 1 aliphatic rings. The summed E-state index contributed by atoms with van der Waals surface area (Å²) in [6.45, 7) is 4.05. The molecular weight excluding hydrogens is 344 g/mol. The van der Waals surface area contributed by atoms with E-state index < -0.39 is 15.6 Å². The van der Waals surface area contributed by atoms with Crippen LogP contribution in [-0.2, 0) is 20.4 Å². The van der Waals surface area contributed by atoms with Crippen molar-refractivity contribution < 1.29 is 17.7 Å². The molecule has 3 rings (SSSR count). The number of carbonyl (C=O) groups excluding carboxylic acids is 1. The van der Waals surface area contributed by atoms with Gasteiger partial charge in [0.1, 0.15) is 0 Å². The Hall–Kier alpha value is -2.26. The highest BCUT2D eigenvalue weighted by Crippen LogP contribution is 2.27. The lowest BCUT2D eigenvalue weighted by Gasteiger charge is -2.20. The molecule has 0 atom stereocenters. The molecule has 1 saturated heterocycles. The van der Waals surface area contributed by atoms with Gasteiger partial charge in [0, 0.05) is 24.2 Å². The van der Waals surface area contributed by atoms with Gasteiger partial charge in [-0.15, -0.1) is 0 Å². The highest BCUT2D eigenvalue weighted by atomic mass is 32.2. The van der Waals surface area contributed by atoms with E-state index in [1.807, 2.05) is 12.1 Å². The Labute approximate surface area is 146 Å². The number of rotatable bonds is 5. The van der Waals surface area contributed by atoms with Crippen molar-refractivity contribution in [1.29, 1.82) is 0 Å². The van der Waals surface area contributed by atoms with Gasteiger partial charge in [-0.2, -0.15) is 4.98 Å². The third-order valence-electron chi connectivity index (χ3n) is 3.92. The summed E-state index contributed by atoms with van der Waals surface area (Å²) in [7, 11) is -3.41. The van der Waals surface area contributed by atoms with Crippen molar-refractivity contribution in [1.82, 2.24) is 14.9 Å². The molecule has 1 aromatic carbocycles. The molecule has 1 N–H and O–H groups in total. The van der Waals surface area contributed by atoms with Crippen molar-refractivity contribution in [3.8, 4) is 11.5 Å². The molecule has 0 spiro atoms. The molecule has 25 heavy (non-hydrogen) atoms. The number of amides is 1. The van der Waals surface area contributed by atoms with E-state index in [2.05, 4.69) is 14.9 Å². The van der Waals surface area contributed by atoms with Gasteiger partial charge in [0.15, 0.2) is 5.82 Å². The van der Waals surface area contributed by atoms with Crippen LogP contribution in [0.1, 0.15) is 32.5 Å². The maximum atomic E-state index is 11.8. The summed E-state index contributed by atoms with van der Waals surface area (Å²) >= 11 is 0. The molecule has 1 aromatic heterocycles. The second kappa shape index (κ2) is 6.23. The minimum absolute atomic E-state index is 0.126. The van der Waals surface area contributed by atoms with Gasteiger partial charge >= 0.3 is 0 Å². The van der Waals surface area contributed by atoms with E-state index in [4.69, 9.17) is 4.52 Å². The average Bonchev–Trinajstić information content (AvgIpc) is 3.14. The molecule has 134 valence electrons. The SMILES string of the molecule is CC(C)(NS(C)(=O)=O)c1noc(-c2ccc(N3CCCC3=O)cc2)n1. The van der Waals surface area contributed by atoms with Gasteiger partial charge in [-0.05, 0) is 44.5 Å². The van der Waals surface area contributed by atoms with E-state index >= 15 is 0 Å². The largest absolute Gasteiger partial charge is 0.334 e. The summed E-state index contributed by atoms with van der Waals surface area (Å²) < 4.78 is 30.6. The quantitative estimate of drug-likeness (QED) is 0.865. The number of nitrogens with zero attached hydrogens (tertiary/aromatic N) is 3. The molecular formula is C16H20N4O4S. The molecule has 1 fully saturated rings. The van der Waals surface area contributed by atoms with Gasteiger partial charge in [0.05, 0.1) is 11.8 Å². The van der Waals surface area contributed by atoms with E-state index in [0.29, 0.717) is 12.0 Å². The predicted octanol–water partition coefficient (Wildman–Crippen LogP) is 1.65. The van der Waals surface area contributed by atoms with Crippen LogP contribution in [0.15, 0.2) is 28.8 Å². The first kappa shape index (κ1) is 17.6. The number of aromatic nitrogens is 2. The van der Waals surface area contributed by atoms with E-state index in [0.717, 1.165) is 24.9 Å². The third kappa shape index (κ3) is 3.88. The number of sulfonamides is 1. The van der Waals surface area contributed by atoms with Crippen molar-refractivity contribution in [2.75, 3.05) is 17.7 Å². The molecule has 8 nitrogen and oxygen atoms in total. The first-order valence-electron chi connectivity index (χ1n) is 7.90. The van der Waals surface area contributed by atoms with Gasteiger partial charge in [0.25, 0.3) is 5.89 Å². The zero-order valence-electron chi connectivity index (χ0n) is 14.3. The Morgan fingerprint density at radius 3 is 2.48 bits per heavy atom. The number of hydrogen-bond acceptors (Lipinski definition) is 6. The molecule has 0 unspecified atom stereocenters. The molecule has 0 bridgehead atoms. The minimum Gasteiger partial charge on any atom is -0.334 e. The Kier molecular flexibility index (Phi) is 4.38. The number of anilines is 1. The van der Waals surface area contributed by atoms with Crippen LogP contribution in [0.5, 0.6) is 0 Å². The van der Waals surface area contributed by atoms with Gasteiger partial charge in [0.2, 0.25) is 15.9 Å². The van der Waals surface area contributed by atoms with Crippen LogP contribution in [0.25, 0.3) is 11.5 Å². The lowest BCUT2D eigenvalue weighted by Crippen LogP contribution is -2.41. The van der Waals surface area contributed by atoms with Crippen molar-refractivity contribution in [2.45, 2.75) is 32.2 Å². The molecule has 2 heterocycles. The lowest BCUT2D eigenvalue weighted by molar-refractivity contribution is -0.117. The monoisotopic (exact) mass is 364 g/mol. The molecule has 0 radical (unpaired) electrons. The summed E-state index contributed by atoms with van der Waals surface area (Å²) in [6.07, 6.45) is 2.53. The van der Waals surface area contributed by atoms with Gasteiger partial charge in [-0.3, -0.25) is 4.79 Å². The summed E-state index contributed by atoms with van der Waals surface area (Å²) in [5.41, 5.74) is 0.548. The van der Waals surface area contributed by atoms with Crippen LogP contribution < -0.4 is 9.62 Å². The normalized spacial score (nSPS) is 15.8. The summed E-state index contributed by atoms with van der Waals surface area (Å²) in [4.78, 5) is 17.8. The molecule has 0 aliphatic carbocycles. The standard InChI is InChI=1S/C16H20N4O4S/c1-16(2,19-25(3,22)23)15-17-14(24-18-15)11-6-8-12(9-7-11)20-10-4-5-13(20)21/h6-9,19H,4-5,10H2,1-3H3. The fourth-order valence-corrected chi connectivity index (χ4v) is 3.83. The highest BCUT2D eigenvalue weighted by Gasteiger charge is 2.30. The van der Waals surface area contributed by atoms with E-state index in [9.17, 15) is 13.2 Å². The molecule has 0 saturated carbocycles.